The van der Waals surface area contributed by atoms with Crippen molar-refractivity contribution in [2.24, 2.45) is 11.8 Å². The minimum absolute atomic E-state index is 0.198. The summed E-state index contributed by atoms with van der Waals surface area (Å²) in [6.07, 6.45) is 4.28. The van der Waals surface area contributed by atoms with Gasteiger partial charge < -0.3 is 15.3 Å². The maximum absolute atomic E-state index is 12.5. The maximum atomic E-state index is 12.5. The topological polar surface area (TPSA) is 65.5 Å². The first-order chi connectivity index (χ1) is 11.5. The largest absolute Gasteiger partial charge is 0.393 e. The highest BCUT2D eigenvalue weighted by molar-refractivity contribution is 7.11. The molecule has 0 saturated carbocycles. The zero-order valence-electron chi connectivity index (χ0n) is 14.8. The number of amides is 1. The van der Waals surface area contributed by atoms with Crippen LogP contribution >= 0.6 is 11.3 Å². The fourth-order valence-electron chi connectivity index (χ4n) is 4.05. The molecule has 0 aliphatic carbocycles. The Hall–Kier alpha value is -0.980. The third-order valence-corrected chi connectivity index (χ3v) is 6.63. The van der Waals surface area contributed by atoms with E-state index in [1.54, 1.807) is 11.3 Å². The van der Waals surface area contributed by atoms with E-state index < -0.39 is 0 Å². The van der Waals surface area contributed by atoms with Crippen LogP contribution in [0.5, 0.6) is 0 Å². The lowest BCUT2D eigenvalue weighted by Gasteiger charge is -2.38. The first-order valence-corrected chi connectivity index (χ1v) is 9.95. The van der Waals surface area contributed by atoms with Crippen molar-refractivity contribution in [2.45, 2.75) is 52.1 Å². The summed E-state index contributed by atoms with van der Waals surface area (Å²) in [5.41, 5.74) is 0.988. The number of nitrogens with one attached hydrogen (secondary N) is 1. The molecule has 0 bridgehead atoms. The molecule has 2 N–H and O–H groups in total. The van der Waals surface area contributed by atoms with Crippen LogP contribution in [0.1, 0.15) is 41.3 Å². The molecular weight excluding hydrogens is 322 g/mol. The van der Waals surface area contributed by atoms with Gasteiger partial charge in [-0.3, -0.25) is 4.79 Å². The lowest BCUT2D eigenvalue weighted by Crippen LogP contribution is -2.45. The second-order valence-electron chi connectivity index (χ2n) is 7.21. The maximum Gasteiger partial charge on any atom is 0.227 e. The van der Waals surface area contributed by atoms with Gasteiger partial charge in [-0.1, -0.05) is 0 Å². The molecule has 1 aromatic rings. The van der Waals surface area contributed by atoms with E-state index in [1.807, 2.05) is 18.7 Å². The Kier molecular flexibility index (Phi) is 5.89. The summed E-state index contributed by atoms with van der Waals surface area (Å²) in [5, 5.41) is 15.0. The van der Waals surface area contributed by atoms with E-state index in [-0.39, 0.29) is 12.0 Å². The van der Waals surface area contributed by atoms with Gasteiger partial charge in [0.1, 0.15) is 0 Å². The molecule has 2 fully saturated rings. The molecule has 0 spiro atoms. The average Bonchev–Trinajstić information content (AvgIpc) is 2.92. The molecule has 2 aliphatic heterocycles. The standard InChI is InChI=1S/C18H29N3O2S/c1-12-16(24-13(2)20-12)11-17(22)21-9-5-15(6-10-21)18(23)14-3-7-19-8-4-14/h14-15,18-19,23H,3-11H2,1-2H3. The normalized spacial score (nSPS) is 21.9. The number of aromatic nitrogens is 1. The van der Waals surface area contributed by atoms with E-state index in [1.165, 1.54) is 0 Å². The number of hydrogen-bond acceptors (Lipinski definition) is 5. The van der Waals surface area contributed by atoms with E-state index in [9.17, 15) is 9.90 Å². The van der Waals surface area contributed by atoms with Gasteiger partial charge in [0.2, 0.25) is 5.91 Å². The smallest absolute Gasteiger partial charge is 0.227 e. The van der Waals surface area contributed by atoms with E-state index in [4.69, 9.17) is 0 Å². The third kappa shape index (κ3) is 4.16. The van der Waals surface area contributed by atoms with Crippen LogP contribution in [0.15, 0.2) is 0 Å². The number of rotatable bonds is 4. The number of thiazole rings is 1. The number of carbonyl (C=O) groups excluding carboxylic acids is 1. The van der Waals surface area contributed by atoms with Gasteiger partial charge in [0.05, 0.1) is 23.2 Å². The van der Waals surface area contributed by atoms with Gasteiger partial charge in [0, 0.05) is 18.0 Å². The van der Waals surface area contributed by atoms with Gasteiger partial charge in [-0.05, 0) is 64.5 Å². The summed E-state index contributed by atoms with van der Waals surface area (Å²) in [4.78, 5) is 20.0. The molecule has 0 radical (unpaired) electrons. The summed E-state index contributed by atoms with van der Waals surface area (Å²) in [6.45, 7) is 7.57. The lowest BCUT2D eigenvalue weighted by molar-refractivity contribution is -0.132. The fourth-order valence-corrected chi connectivity index (χ4v) is 4.98. The van der Waals surface area contributed by atoms with E-state index in [2.05, 4.69) is 10.3 Å². The number of aryl methyl sites for hydroxylation is 2. The van der Waals surface area contributed by atoms with Gasteiger partial charge >= 0.3 is 0 Å². The first-order valence-electron chi connectivity index (χ1n) is 9.14. The fraction of sp³-hybridized carbons (Fsp3) is 0.778. The van der Waals surface area contributed by atoms with Crippen LogP contribution in [0.4, 0.5) is 0 Å². The zero-order valence-corrected chi connectivity index (χ0v) is 15.6. The molecular formula is C18H29N3O2S. The van der Waals surface area contributed by atoms with Gasteiger partial charge in [-0.2, -0.15) is 0 Å². The van der Waals surface area contributed by atoms with Crippen LogP contribution in [-0.4, -0.2) is 53.2 Å². The van der Waals surface area contributed by atoms with Crippen LogP contribution in [0.3, 0.4) is 0 Å². The third-order valence-electron chi connectivity index (χ3n) is 5.55. The summed E-state index contributed by atoms with van der Waals surface area (Å²) in [7, 11) is 0. The Morgan fingerprint density at radius 1 is 1.25 bits per heavy atom. The highest BCUT2D eigenvalue weighted by Crippen LogP contribution is 2.29. The second-order valence-corrected chi connectivity index (χ2v) is 8.50. The van der Waals surface area contributed by atoms with Crippen LogP contribution in [0, 0.1) is 25.7 Å². The van der Waals surface area contributed by atoms with Crippen molar-refractivity contribution in [3.05, 3.63) is 15.6 Å². The molecule has 5 nitrogen and oxygen atoms in total. The van der Waals surface area contributed by atoms with Gasteiger partial charge in [-0.25, -0.2) is 4.98 Å². The van der Waals surface area contributed by atoms with Crippen LogP contribution in [0.25, 0.3) is 0 Å². The van der Waals surface area contributed by atoms with E-state index in [0.29, 0.717) is 18.3 Å². The van der Waals surface area contributed by atoms with Gasteiger partial charge in [0.15, 0.2) is 0 Å². The monoisotopic (exact) mass is 351 g/mol. The Labute approximate surface area is 148 Å². The zero-order chi connectivity index (χ0) is 17.1. The number of nitrogens with zero attached hydrogens (tertiary/aromatic N) is 2. The van der Waals surface area contributed by atoms with Crippen molar-refractivity contribution in [3.8, 4) is 0 Å². The van der Waals surface area contributed by atoms with Crippen molar-refractivity contribution in [2.75, 3.05) is 26.2 Å². The van der Waals surface area contributed by atoms with E-state index in [0.717, 1.165) is 67.4 Å². The first kappa shape index (κ1) is 17.8. The molecule has 1 unspecified atom stereocenters. The average molecular weight is 352 g/mol. The Bertz CT molecular complexity index is 561. The molecule has 134 valence electrons. The minimum atomic E-state index is -0.198. The number of piperidine rings is 2. The number of likely N-dealkylation sites (tertiary alicyclic amines) is 1. The molecule has 2 saturated heterocycles. The summed E-state index contributed by atoms with van der Waals surface area (Å²) in [6, 6.07) is 0. The summed E-state index contributed by atoms with van der Waals surface area (Å²) >= 11 is 1.63. The Morgan fingerprint density at radius 2 is 1.88 bits per heavy atom. The SMILES string of the molecule is Cc1nc(C)c(CC(=O)N2CCC(C(O)C3CCNCC3)CC2)s1. The molecule has 0 aromatic carbocycles. The van der Waals surface area contributed by atoms with Crippen molar-refractivity contribution in [1.29, 1.82) is 0 Å². The summed E-state index contributed by atoms with van der Waals surface area (Å²) in [5.74, 6) is 0.988. The highest BCUT2D eigenvalue weighted by Gasteiger charge is 2.32. The van der Waals surface area contributed by atoms with Crippen molar-refractivity contribution < 1.29 is 9.90 Å². The molecule has 1 amide bonds. The number of aliphatic hydroxyl groups is 1. The Balaban J connectivity index is 1.49. The highest BCUT2D eigenvalue weighted by atomic mass is 32.1. The molecule has 2 aliphatic rings. The number of aliphatic hydroxyl groups excluding tert-OH is 1. The lowest BCUT2D eigenvalue weighted by atomic mass is 9.80. The van der Waals surface area contributed by atoms with Gasteiger partial charge in [-0.15, -0.1) is 11.3 Å². The Morgan fingerprint density at radius 3 is 2.46 bits per heavy atom. The van der Waals surface area contributed by atoms with Crippen LogP contribution in [-0.2, 0) is 11.2 Å². The predicted molar refractivity (Wildman–Crippen MR) is 96.2 cm³/mol. The predicted octanol–water partition coefficient (Wildman–Crippen LogP) is 1.90. The van der Waals surface area contributed by atoms with Crippen molar-refractivity contribution in [3.63, 3.8) is 0 Å². The summed E-state index contributed by atoms with van der Waals surface area (Å²) < 4.78 is 0. The van der Waals surface area contributed by atoms with E-state index >= 15 is 0 Å². The van der Waals surface area contributed by atoms with Crippen LogP contribution in [0.2, 0.25) is 0 Å². The molecule has 3 rings (SSSR count). The quantitative estimate of drug-likeness (QED) is 0.870. The second kappa shape index (κ2) is 7.93. The number of carbonyl (C=O) groups is 1. The molecule has 1 atom stereocenters. The molecule has 1 aromatic heterocycles. The molecule has 6 heteroatoms. The van der Waals surface area contributed by atoms with Crippen molar-refractivity contribution >= 4 is 17.2 Å². The number of hydrogen-bond donors (Lipinski definition) is 2. The minimum Gasteiger partial charge on any atom is -0.393 e. The van der Waals surface area contributed by atoms with Gasteiger partial charge in [0.25, 0.3) is 0 Å². The molecule has 24 heavy (non-hydrogen) atoms. The molecule has 3 heterocycles. The van der Waals surface area contributed by atoms with Crippen molar-refractivity contribution in [1.82, 2.24) is 15.2 Å². The van der Waals surface area contributed by atoms with Crippen LogP contribution < -0.4 is 5.32 Å².